The van der Waals surface area contributed by atoms with Crippen LogP contribution in [0, 0.1) is 0 Å². The summed E-state index contributed by atoms with van der Waals surface area (Å²) in [6, 6.07) is 1.69. The van der Waals surface area contributed by atoms with Crippen molar-refractivity contribution in [1.29, 1.82) is 0 Å². The standard InChI is InChI=1S/C9H17N5O/c1-4-5-11-7-6-8(13(2)3)12-9(10)14(7)15/h6,15H,4-5H2,1-3H3,(H2,10,12). The van der Waals surface area contributed by atoms with Crippen molar-refractivity contribution in [2.24, 2.45) is 4.99 Å². The SMILES string of the molecule is CCCN=c1cc(N(C)C)nc(N)n1O. The van der Waals surface area contributed by atoms with Gasteiger partial charge in [-0.05, 0) is 6.42 Å². The van der Waals surface area contributed by atoms with Crippen molar-refractivity contribution in [3.63, 3.8) is 0 Å². The van der Waals surface area contributed by atoms with Gasteiger partial charge in [-0.3, -0.25) is 4.99 Å². The van der Waals surface area contributed by atoms with E-state index in [9.17, 15) is 5.21 Å². The van der Waals surface area contributed by atoms with Crippen LogP contribution >= 0.6 is 0 Å². The van der Waals surface area contributed by atoms with E-state index in [1.165, 1.54) is 0 Å². The molecule has 6 heteroatoms. The van der Waals surface area contributed by atoms with E-state index < -0.39 is 0 Å². The Morgan fingerprint density at radius 2 is 2.27 bits per heavy atom. The molecule has 0 aliphatic carbocycles. The van der Waals surface area contributed by atoms with Crippen LogP contribution in [0.1, 0.15) is 13.3 Å². The Kier molecular flexibility index (Phi) is 3.54. The first-order chi connectivity index (χ1) is 7.06. The first-order valence-electron chi connectivity index (χ1n) is 4.83. The number of nitrogen functional groups attached to an aromatic ring is 1. The molecule has 0 radical (unpaired) electrons. The Hall–Kier alpha value is -1.72. The fourth-order valence-electron chi connectivity index (χ4n) is 1.06. The van der Waals surface area contributed by atoms with Crippen LogP contribution in [0.15, 0.2) is 11.1 Å². The summed E-state index contributed by atoms with van der Waals surface area (Å²) >= 11 is 0. The monoisotopic (exact) mass is 211 g/mol. The van der Waals surface area contributed by atoms with Crippen LogP contribution in [0.4, 0.5) is 11.8 Å². The summed E-state index contributed by atoms with van der Waals surface area (Å²) in [6.45, 7) is 2.67. The smallest absolute Gasteiger partial charge is 0.238 e. The fourth-order valence-corrected chi connectivity index (χ4v) is 1.06. The van der Waals surface area contributed by atoms with Crippen molar-refractivity contribution < 1.29 is 5.21 Å². The number of nitrogens with two attached hydrogens (primary N) is 1. The lowest BCUT2D eigenvalue weighted by molar-refractivity contribution is 0.175. The lowest BCUT2D eigenvalue weighted by atomic mass is 10.5. The highest BCUT2D eigenvalue weighted by molar-refractivity contribution is 5.39. The minimum atomic E-state index is 0.0380. The molecule has 0 aliphatic heterocycles. The first-order valence-corrected chi connectivity index (χ1v) is 4.83. The third kappa shape index (κ3) is 2.61. The predicted octanol–water partition coefficient (Wildman–Crippen LogP) is 0.0793. The van der Waals surface area contributed by atoms with E-state index in [1.54, 1.807) is 11.0 Å². The van der Waals surface area contributed by atoms with E-state index in [0.717, 1.165) is 11.2 Å². The van der Waals surface area contributed by atoms with Gasteiger partial charge in [0.15, 0.2) is 5.49 Å². The summed E-state index contributed by atoms with van der Waals surface area (Å²) < 4.78 is 0.794. The molecule has 3 N–H and O–H groups in total. The maximum absolute atomic E-state index is 9.55. The summed E-state index contributed by atoms with van der Waals surface area (Å²) in [6.07, 6.45) is 0.916. The average molecular weight is 211 g/mol. The van der Waals surface area contributed by atoms with Gasteiger partial charge < -0.3 is 15.8 Å². The van der Waals surface area contributed by atoms with Crippen LogP contribution < -0.4 is 16.1 Å². The van der Waals surface area contributed by atoms with Crippen molar-refractivity contribution >= 4 is 11.8 Å². The van der Waals surface area contributed by atoms with Crippen LogP contribution in [-0.4, -0.2) is 35.6 Å². The number of rotatable bonds is 3. The molecule has 0 aliphatic rings. The molecule has 0 aromatic carbocycles. The van der Waals surface area contributed by atoms with Crippen LogP contribution in [0.25, 0.3) is 0 Å². The molecule has 1 rings (SSSR count). The second-order valence-electron chi connectivity index (χ2n) is 3.42. The molecule has 0 fully saturated rings. The highest BCUT2D eigenvalue weighted by Crippen LogP contribution is 2.04. The Bertz CT molecular complexity index is 396. The lowest BCUT2D eigenvalue weighted by Gasteiger charge is -2.12. The quantitative estimate of drug-likeness (QED) is 0.694. The van der Waals surface area contributed by atoms with Crippen LogP contribution in [0.2, 0.25) is 0 Å². The van der Waals surface area contributed by atoms with E-state index in [2.05, 4.69) is 9.98 Å². The summed E-state index contributed by atoms with van der Waals surface area (Å²) in [4.78, 5) is 10.00. The molecule has 0 saturated carbocycles. The largest absolute Gasteiger partial charge is 0.423 e. The average Bonchev–Trinajstić information content (AvgIpc) is 2.19. The zero-order valence-electron chi connectivity index (χ0n) is 9.30. The molecule has 0 atom stereocenters. The maximum atomic E-state index is 9.55. The Morgan fingerprint density at radius 3 is 2.80 bits per heavy atom. The zero-order valence-corrected chi connectivity index (χ0v) is 9.30. The fraction of sp³-hybridized carbons (Fsp3) is 0.556. The van der Waals surface area contributed by atoms with Gasteiger partial charge in [-0.15, -0.1) is 4.73 Å². The highest BCUT2D eigenvalue weighted by Gasteiger charge is 2.03. The zero-order chi connectivity index (χ0) is 11.4. The van der Waals surface area contributed by atoms with Crippen LogP contribution in [-0.2, 0) is 0 Å². The Morgan fingerprint density at radius 1 is 1.60 bits per heavy atom. The number of anilines is 2. The van der Waals surface area contributed by atoms with Gasteiger partial charge in [0.25, 0.3) is 0 Å². The van der Waals surface area contributed by atoms with E-state index in [-0.39, 0.29) is 5.95 Å². The van der Waals surface area contributed by atoms with Crippen molar-refractivity contribution in [3.8, 4) is 0 Å². The van der Waals surface area contributed by atoms with Gasteiger partial charge in [0, 0.05) is 26.7 Å². The summed E-state index contributed by atoms with van der Waals surface area (Å²) in [5.41, 5.74) is 5.97. The van der Waals surface area contributed by atoms with Gasteiger partial charge in [-0.2, -0.15) is 4.98 Å². The lowest BCUT2D eigenvalue weighted by Crippen LogP contribution is -2.26. The number of hydrogen-bond acceptors (Lipinski definition) is 5. The summed E-state index contributed by atoms with van der Waals surface area (Å²) in [5, 5.41) is 9.55. The maximum Gasteiger partial charge on any atom is 0.238 e. The van der Waals surface area contributed by atoms with Crippen LogP contribution in [0.5, 0.6) is 0 Å². The molecule has 0 amide bonds. The van der Waals surface area contributed by atoms with Crippen molar-refractivity contribution in [2.75, 3.05) is 31.3 Å². The normalized spacial score (nSPS) is 11.8. The summed E-state index contributed by atoms with van der Waals surface area (Å²) in [7, 11) is 3.71. The minimum absolute atomic E-state index is 0.0380. The molecular weight excluding hydrogens is 194 g/mol. The first kappa shape index (κ1) is 11.4. The van der Waals surface area contributed by atoms with Crippen molar-refractivity contribution in [2.45, 2.75) is 13.3 Å². The number of aromatic nitrogens is 2. The molecule has 6 nitrogen and oxygen atoms in total. The summed E-state index contributed by atoms with van der Waals surface area (Å²) in [5.74, 6) is 0.712. The molecule has 0 saturated heterocycles. The number of hydrogen-bond donors (Lipinski definition) is 2. The Labute approximate surface area is 88.6 Å². The molecule has 1 aromatic heterocycles. The third-order valence-electron chi connectivity index (χ3n) is 1.88. The van der Waals surface area contributed by atoms with Crippen molar-refractivity contribution in [1.82, 2.24) is 9.71 Å². The molecule has 1 aromatic rings. The van der Waals surface area contributed by atoms with Gasteiger partial charge in [0.05, 0.1) is 0 Å². The molecule has 0 bridgehead atoms. The Balaban J connectivity index is 3.25. The van der Waals surface area contributed by atoms with E-state index >= 15 is 0 Å². The highest BCUT2D eigenvalue weighted by atomic mass is 16.5. The van der Waals surface area contributed by atoms with Crippen LogP contribution in [0.3, 0.4) is 0 Å². The molecule has 84 valence electrons. The molecular formula is C9H17N5O. The second-order valence-corrected chi connectivity index (χ2v) is 3.42. The van der Waals surface area contributed by atoms with E-state index in [1.807, 2.05) is 21.0 Å². The number of nitrogens with zero attached hydrogens (tertiary/aromatic N) is 4. The van der Waals surface area contributed by atoms with E-state index in [4.69, 9.17) is 5.73 Å². The van der Waals surface area contributed by atoms with Gasteiger partial charge in [-0.1, -0.05) is 6.92 Å². The van der Waals surface area contributed by atoms with Gasteiger partial charge >= 0.3 is 0 Å². The predicted molar refractivity (Wildman–Crippen MR) is 58.9 cm³/mol. The topological polar surface area (TPSA) is 79.7 Å². The van der Waals surface area contributed by atoms with Gasteiger partial charge in [-0.25, -0.2) is 0 Å². The molecule has 0 spiro atoms. The molecule has 15 heavy (non-hydrogen) atoms. The molecule has 0 unspecified atom stereocenters. The second kappa shape index (κ2) is 4.68. The molecule has 1 heterocycles. The van der Waals surface area contributed by atoms with Crippen molar-refractivity contribution in [3.05, 3.63) is 11.6 Å². The minimum Gasteiger partial charge on any atom is -0.423 e. The van der Waals surface area contributed by atoms with Gasteiger partial charge in [0.2, 0.25) is 5.95 Å². The van der Waals surface area contributed by atoms with Gasteiger partial charge in [0.1, 0.15) is 5.82 Å². The van der Waals surface area contributed by atoms with E-state index in [0.29, 0.717) is 17.9 Å². The third-order valence-corrected chi connectivity index (χ3v) is 1.88.